The summed E-state index contributed by atoms with van der Waals surface area (Å²) in [5.41, 5.74) is 1.27. The van der Waals surface area contributed by atoms with E-state index >= 15 is 0 Å². The van der Waals surface area contributed by atoms with Gasteiger partial charge in [-0.25, -0.2) is 14.6 Å². The summed E-state index contributed by atoms with van der Waals surface area (Å²) in [5, 5.41) is 5.71. The van der Waals surface area contributed by atoms with Gasteiger partial charge in [0.2, 0.25) is 5.88 Å². The van der Waals surface area contributed by atoms with Gasteiger partial charge < -0.3 is 4.74 Å². The number of benzene rings is 1. The summed E-state index contributed by atoms with van der Waals surface area (Å²) in [6, 6.07) is 9.81. The van der Waals surface area contributed by atoms with Gasteiger partial charge in [-0.15, -0.1) is 0 Å². The van der Waals surface area contributed by atoms with Crippen LogP contribution >= 0.6 is 11.3 Å². The molecule has 23 heavy (non-hydrogen) atoms. The molecule has 0 radical (unpaired) electrons. The van der Waals surface area contributed by atoms with Crippen molar-refractivity contribution in [2.24, 2.45) is 0 Å². The molecule has 0 spiro atoms. The normalized spacial score (nSPS) is 10.1. The second kappa shape index (κ2) is 6.29. The van der Waals surface area contributed by atoms with Crippen molar-refractivity contribution in [2.45, 2.75) is 0 Å². The molecule has 0 aliphatic heterocycles. The molecular weight excluding hydrogens is 314 g/mol. The van der Waals surface area contributed by atoms with Crippen LogP contribution in [-0.2, 0) is 0 Å². The number of aromatic nitrogens is 2. The number of nitrogens with one attached hydrogen (secondary N) is 2. The maximum atomic E-state index is 12.0. The Morgan fingerprint density at radius 2 is 2.13 bits per heavy atom. The molecule has 8 heteroatoms. The van der Waals surface area contributed by atoms with Crippen LogP contribution in [-0.4, -0.2) is 23.1 Å². The predicted octanol–water partition coefficient (Wildman–Crippen LogP) is 3.89. The van der Waals surface area contributed by atoms with Gasteiger partial charge in [0, 0.05) is 10.8 Å². The van der Waals surface area contributed by atoms with Crippen LogP contribution in [0.2, 0.25) is 0 Å². The number of urea groups is 1. The van der Waals surface area contributed by atoms with Gasteiger partial charge >= 0.3 is 6.03 Å². The van der Waals surface area contributed by atoms with Crippen LogP contribution in [0, 0.1) is 6.57 Å². The van der Waals surface area contributed by atoms with E-state index in [1.54, 1.807) is 36.4 Å². The monoisotopic (exact) mass is 325 g/mol. The van der Waals surface area contributed by atoms with Crippen LogP contribution in [0.4, 0.5) is 21.4 Å². The average Bonchev–Trinajstić information content (AvgIpc) is 2.95. The first kappa shape index (κ1) is 14.7. The lowest BCUT2D eigenvalue weighted by Gasteiger charge is -2.05. The third-order valence-corrected chi connectivity index (χ3v) is 3.83. The molecule has 0 aliphatic rings. The minimum Gasteiger partial charge on any atom is -0.481 e. The maximum Gasteiger partial charge on any atom is 0.326 e. The van der Waals surface area contributed by atoms with Gasteiger partial charge in [0.25, 0.3) is 0 Å². The van der Waals surface area contributed by atoms with Crippen LogP contribution in [0.1, 0.15) is 0 Å². The summed E-state index contributed by atoms with van der Waals surface area (Å²) in [6.07, 6.45) is 0. The van der Waals surface area contributed by atoms with Crippen LogP contribution < -0.4 is 15.4 Å². The highest BCUT2D eigenvalue weighted by atomic mass is 32.1. The third-order valence-electron chi connectivity index (χ3n) is 2.90. The minimum absolute atomic E-state index is 0.373. The molecule has 0 fully saturated rings. The Labute approximate surface area is 135 Å². The molecule has 2 aromatic heterocycles. The van der Waals surface area contributed by atoms with Crippen molar-refractivity contribution < 1.29 is 9.53 Å². The topological polar surface area (TPSA) is 80.5 Å². The first-order valence-corrected chi connectivity index (χ1v) is 7.36. The fraction of sp³-hybridized carbons (Fsp3) is 0.0667. The maximum absolute atomic E-state index is 12.0. The standard InChI is InChI=1S/C15H11N5O2S/c1-16-9-6-7-10-11(8-9)23-15(17-10)20-14(21)19-12-4-3-5-13(18-12)22-2/h3-8H,2H3,(H2,17,18,19,20,21). The van der Waals surface area contributed by atoms with Gasteiger partial charge in [-0.3, -0.25) is 10.6 Å². The average molecular weight is 325 g/mol. The highest BCUT2D eigenvalue weighted by molar-refractivity contribution is 7.22. The van der Waals surface area contributed by atoms with Crippen LogP contribution in [0.15, 0.2) is 36.4 Å². The van der Waals surface area contributed by atoms with Crippen LogP contribution in [0.25, 0.3) is 15.1 Å². The van der Waals surface area contributed by atoms with Crippen molar-refractivity contribution >= 4 is 44.2 Å². The number of rotatable bonds is 3. The number of hydrogen-bond acceptors (Lipinski definition) is 5. The zero-order chi connectivity index (χ0) is 16.2. The lowest BCUT2D eigenvalue weighted by atomic mass is 10.3. The van der Waals surface area contributed by atoms with Gasteiger partial charge in [0.05, 0.1) is 19.2 Å². The largest absolute Gasteiger partial charge is 0.481 e. The molecule has 114 valence electrons. The Balaban J connectivity index is 1.73. The molecule has 0 saturated heterocycles. The van der Waals surface area contributed by atoms with Gasteiger partial charge in [0.1, 0.15) is 5.82 Å². The van der Waals surface area contributed by atoms with Crippen LogP contribution in [0.3, 0.4) is 0 Å². The van der Waals surface area contributed by atoms with E-state index in [1.165, 1.54) is 18.4 Å². The van der Waals surface area contributed by atoms with Gasteiger partial charge in [-0.05, 0) is 18.2 Å². The Morgan fingerprint density at radius 1 is 1.26 bits per heavy atom. The molecule has 0 bridgehead atoms. The molecule has 0 atom stereocenters. The summed E-state index contributed by atoms with van der Waals surface area (Å²) in [4.78, 5) is 23.8. The highest BCUT2D eigenvalue weighted by Crippen LogP contribution is 2.29. The van der Waals surface area contributed by atoms with Crippen LogP contribution in [0.5, 0.6) is 5.88 Å². The zero-order valence-electron chi connectivity index (χ0n) is 12.0. The molecule has 0 aliphatic carbocycles. The van der Waals surface area contributed by atoms with Crippen molar-refractivity contribution in [2.75, 3.05) is 17.7 Å². The molecule has 3 rings (SSSR count). The van der Waals surface area contributed by atoms with Gasteiger partial charge in [-0.1, -0.05) is 23.5 Å². The Hall–Kier alpha value is -3.18. The number of methoxy groups -OCH3 is 1. The third kappa shape index (κ3) is 3.36. The summed E-state index contributed by atoms with van der Waals surface area (Å²) in [7, 11) is 1.50. The smallest absolute Gasteiger partial charge is 0.326 e. The Morgan fingerprint density at radius 3 is 2.91 bits per heavy atom. The number of anilines is 2. The second-order valence-corrected chi connectivity index (χ2v) is 5.46. The van der Waals surface area contributed by atoms with E-state index in [0.717, 1.165) is 10.2 Å². The van der Waals surface area contributed by atoms with E-state index in [-0.39, 0.29) is 0 Å². The van der Waals surface area contributed by atoms with E-state index in [1.807, 2.05) is 0 Å². The minimum atomic E-state index is -0.449. The number of thiazole rings is 1. The van der Waals surface area contributed by atoms with Gasteiger partial charge in [-0.2, -0.15) is 4.98 Å². The summed E-state index contributed by atoms with van der Waals surface area (Å²) in [6.45, 7) is 7.01. The quantitative estimate of drug-likeness (QED) is 0.716. The molecule has 2 heterocycles. The van der Waals surface area contributed by atoms with Gasteiger partial charge in [0.15, 0.2) is 10.8 Å². The van der Waals surface area contributed by atoms with Crippen molar-refractivity contribution in [1.29, 1.82) is 0 Å². The number of nitrogens with zero attached hydrogens (tertiary/aromatic N) is 3. The summed E-state index contributed by atoms with van der Waals surface area (Å²) < 4.78 is 5.84. The number of fused-ring (bicyclic) bond motifs is 1. The molecule has 0 saturated carbocycles. The van der Waals surface area contributed by atoms with E-state index in [0.29, 0.717) is 22.5 Å². The lowest BCUT2D eigenvalue weighted by molar-refractivity contribution is 0.262. The zero-order valence-corrected chi connectivity index (χ0v) is 12.8. The molecular formula is C15H11N5O2S. The number of pyridine rings is 1. The number of hydrogen-bond donors (Lipinski definition) is 2. The van der Waals surface area contributed by atoms with Crippen molar-refractivity contribution in [3.63, 3.8) is 0 Å². The first-order valence-electron chi connectivity index (χ1n) is 6.55. The van der Waals surface area contributed by atoms with E-state index in [9.17, 15) is 4.79 Å². The van der Waals surface area contributed by atoms with E-state index in [2.05, 4.69) is 25.4 Å². The number of ether oxygens (including phenoxy) is 1. The Kier molecular flexibility index (Phi) is 4.03. The number of amides is 2. The molecule has 3 aromatic rings. The molecule has 2 amide bonds. The van der Waals surface area contributed by atoms with Crippen molar-refractivity contribution in [3.8, 4) is 5.88 Å². The predicted molar refractivity (Wildman–Crippen MR) is 89.3 cm³/mol. The highest BCUT2D eigenvalue weighted by Gasteiger charge is 2.09. The lowest BCUT2D eigenvalue weighted by Crippen LogP contribution is -2.19. The summed E-state index contributed by atoms with van der Waals surface area (Å²) >= 11 is 1.30. The first-order chi connectivity index (χ1) is 11.2. The fourth-order valence-electron chi connectivity index (χ4n) is 1.88. The van der Waals surface area contributed by atoms with Crippen molar-refractivity contribution in [1.82, 2.24) is 9.97 Å². The number of carbonyl (C=O) groups excluding carboxylic acids is 1. The molecule has 0 unspecified atom stereocenters. The molecule has 1 aromatic carbocycles. The Bertz CT molecular complexity index is 916. The second-order valence-electron chi connectivity index (χ2n) is 4.43. The van der Waals surface area contributed by atoms with Crippen molar-refractivity contribution in [3.05, 3.63) is 47.8 Å². The molecule has 2 N–H and O–H groups in total. The number of carbonyl (C=O) groups is 1. The van der Waals surface area contributed by atoms with E-state index in [4.69, 9.17) is 11.3 Å². The van der Waals surface area contributed by atoms with E-state index < -0.39 is 6.03 Å². The molecule has 7 nitrogen and oxygen atoms in total. The SMILES string of the molecule is [C-]#[N+]c1ccc2nc(NC(=O)Nc3cccc(OC)n3)sc2c1. The summed E-state index contributed by atoms with van der Waals surface area (Å²) in [5.74, 6) is 0.785. The fourth-order valence-corrected chi connectivity index (χ4v) is 2.77.